The van der Waals surface area contributed by atoms with Crippen LogP contribution in [0.15, 0.2) is 54.6 Å². The van der Waals surface area contributed by atoms with E-state index in [4.69, 9.17) is 9.72 Å². The molecule has 0 unspecified atom stereocenters. The summed E-state index contributed by atoms with van der Waals surface area (Å²) < 4.78 is 32.4. The van der Waals surface area contributed by atoms with Crippen LogP contribution < -0.4 is 4.90 Å². The number of ether oxygens (including phenoxy) is 1. The van der Waals surface area contributed by atoms with E-state index in [0.29, 0.717) is 19.3 Å². The van der Waals surface area contributed by atoms with Crippen molar-refractivity contribution in [2.75, 3.05) is 31.2 Å². The minimum atomic E-state index is -0.874. The number of hydrogen-bond acceptors (Lipinski definition) is 5. The first kappa shape index (κ1) is 19.4. The van der Waals surface area contributed by atoms with E-state index >= 15 is 0 Å². The molecule has 1 saturated heterocycles. The molecule has 1 aromatic heterocycles. The lowest BCUT2D eigenvalue weighted by Gasteiger charge is -2.26. The third-order valence-electron chi connectivity index (χ3n) is 4.55. The number of anilines is 1. The Balaban J connectivity index is 1.66. The molecule has 0 atom stereocenters. The van der Waals surface area contributed by atoms with Crippen molar-refractivity contribution in [3.63, 3.8) is 0 Å². The standard InChI is InChI=1S/C22H18F2N2O2S/c23-16-6-7-17(18(24)14-16)19(27)8-9-20-21(15-4-2-1-3-5-15)25-22(29-20)26-10-12-28-13-11-26/h1-9,14H,10-13H2/b9-8+. The summed E-state index contributed by atoms with van der Waals surface area (Å²) in [4.78, 5) is 20.2. The summed E-state index contributed by atoms with van der Waals surface area (Å²) in [6.07, 6.45) is 2.95. The number of ketones is 1. The van der Waals surface area contributed by atoms with Gasteiger partial charge in [0.2, 0.25) is 0 Å². The lowest BCUT2D eigenvalue weighted by molar-refractivity contribution is 0.104. The number of nitrogens with zero attached hydrogens (tertiary/aromatic N) is 2. The van der Waals surface area contributed by atoms with E-state index in [2.05, 4.69) is 4.90 Å². The molecular weight excluding hydrogens is 394 g/mol. The van der Waals surface area contributed by atoms with Gasteiger partial charge in [-0.15, -0.1) is 0 Å². The van der Waals surface area contributed by atoms with Crippen LogP contribution in [0.5, 0.6) is 0 Å². The van der Waals surface area contributed by atoms with Gasteiger partial charge in [-0.3, -0.25) is 4.79 Å². The van der Waals surface area contributed by atoms with Crippen molar-refractivity contribution >= 4 is 28.3 Å². The Morgan fingerprint density at radius 2 is 1.86 bits per heavy atom. The molecule has 0 aliphatic carbocycles. The maximum Gasteiger partial charge on any atom is 0.188 e. The van der Waals surface area contributed by atoms with Gasteiger partial charge in [-0.1, -0.05) is 41.7 Å². The van der Waals surface area contributed by atoms with Crippen LogP contribution in [0.3, 0.4) is 0 Å². The fraction of sp³-hybridized carbons (Fsp3) is 0.182. The normalized spacial score (nSPS) is 14.5. The molecule has 0 radical (unpaired) electrons. The largest absolute Gasteiger partial charge is 0.378 e. The highest BCUT2D eigenvalue weighted by atomic mass is 32.1. The molecule has 2 heterocycles. The summed E-state index contributed by atoms with van der Waals surface area (Å²) in [7, 11) is 0. The minimum Gasteiger partial charge on any atom is -0.378 e. The summed E-state index contributed by atoms with van der Waals surface area (Å²) in [5.41, 5.74) is 1.53. The molecule has 0 amide bonds. The molecule has 0 saturated carbocycles. The first-order chi connectivity index (χ1) is 14.1. The van der Waals surface area contributed by atoms with E-state index in [1.165, 1.54) is 17.4 Å². The average molecular weight is 412 g/mol. The van der Waals surface area contributed by atoms with Crippen LogP contribution >= 0.6 is 11.3 Å². The lowest BCUT2D eigenvalue weighted by atomic mass is 10.1. The van der Waals surface area contributed by atoms with Crippen LogP contribution in [0.2, 0.25) is 0 Å². The van der Waals surface area contributed by atoms with Gasteiger partial charge in [0.1, 0.15) is 11.6 Å². The van der Waals surface area contributed by atoms with Crippen LogP contribution in [0.1, 0.15) is 15.2 Å². The quantitative estimate of drug-likeness (QED) is 0.445. The Hall–Kier alpha value is -2.90. The molecule has 4 nitrogen and oxygen atoms in total. The van der Waals surface area contributed by atoms with Gasteiger partial charge in [0.15, 0.2) is 10.9 Å². The van der Waals surface area contributed by atoms with Crippen molar-refractivity contribution in [2.24, 2.45) is 0 Å². The number of benzene rings is 2. The molecule has 7 heteroatoms. The number of hydrogen-bond donors (Lipinski definition) is 0. The number of carbonyl (C=O) groups is 1. The summed E-state index contributed by atoms with van der Waals surface area (Å²) in [6, 6.07) is 12.6. The monoisotopic (exact) mass is 412 g/mol. The molecule has 4 rings (SSSR count). The van der Waals surface area contributed by atoms with Crippen molar-refractivity contribution in [1.82, 2.24) is 4.98 Å². The number of rotatable bonds is 5. The first-order valence-electron chi connectivity index (χ1n) is 9.18. The number of morpholine rings is 1. The Labute approximate surface area is 171 Å². The molecule has 0 spiro atoms. The lowest BCUT2D eigenvalue weighted by Crippen LogP contribution is -2.36. The van der Waals surface area contributed by atoms with Gasteiger partial charge in [0.05, 0.1) is 29.3 Å². The highest BCUT2D eigenvalue weighted by molar-refractivity contribution is 7.17. The Bertz CT molecular complexity index is 1040. The number of allylic oxidation sites excluding steroid dienone is 1. The van der Waals surface area contributed by atoms with Crippen LogP contribution in [0, 0.1) is 11.6 Å². The first-order valence-corrected chi connectivity index (χ1v) is 10.00. The van der Waals surface area contributed by atoms with Gasteiger partial charge in [-0.2, -0.15) is 0 Å². The zero-order chi connectivity index (χ0) is 20.2. The second-order valence-electron chi connectivity index (χ2n) is 6.50. The second kappa shape index (κ2) is 8.63. The SMILES string of the molecule is O=C(/C=C/c1sc(N2CCOCC2)nc1-c1ccccc1)c1ccc(F)cc1F. The number of halogens is 2. The Kier molecular flexibility index (Phi) is 5.78. The second-order valence-corrected chi connectivity index (χ2v) is 7.51. The van der Waals surface area contributed by atoms with Crippen LogP contribution in [-0.2, 0) is 4.74 Å². The molecule has 1 aliphatic rings. The van der Waals surface area contributed by atoms with Gasteiger partial charge >= 0.3 is 0 Å². The number of carbonyl (C=O) groups excluding carboxylic acids is 1. The molecule has 0 N–H and O–H groups in total. The Morgan fingerprint density at radius 3 is 2.59 bits per heavy atom. The van der Waals surface area contributed by atoms with Crippen molar-refractivity contribution < 1.29 is 18.3 Å². The summed E-state index contributed by atoms with van der Waals surface area (Å²) >= 11 is 1.47. The fourth-order valence-electron chi connectivity index (χ4n) is 3.06. The molecule has 2 aromatic carbocycles. The van der Waals surface area contributed by atoms with Crippen molar-refractivity contribution in [2.45, 2.75) is 0 Å². The molecule has 148 valence electrons. The summed E-state index contributed by atoms with van der Waals surface area (Å²) in [5, 5.41) is 0.854. The third-order valence-corrected chi connectivity index (χ3v) is 5.63. The topological polar surface area (TPSA) is 42.4 Å². The molecule has 0 bridgehead atoms. The maximum absolute atomic E-state index is 13.9. The molecule has 3 aromatic rings. The third kappa shape index (κ3) is 4.41. The van der Waals surface area contributed by atoms with Crippen molar-refractivity contribution in [3.05, 3.63) is 76.7 Å². The molecule has 29 heavy (non-hydrogen) atoms. The van der Waals surface area contributed by atoms with Gasteiger partial charge < -0.3 is 9.64 Å². The zero-order valence-corrected chi connectivity index (χ0v) is 16.3. The molecule has 1 fully saturated rings. The minimum absolute atomic E-state index is 0.165. The van der Waals surface area contributed by atoms with Gasteiger partial charge in [0.25, 0.3) is 0 Å². The number of thiazole rings is 1. The van der Waals surface area contributed by atoms with Gasteiger partial charge in [-0.25, -0.2) is 13.8 Å². The highest BCUT2D eigenvalue weighted by Gasteiger charge is 2.19. The van der Waals surface area contributed by atoms with E-state index in [0.717, 1.165) is 46.5 Å². The average Bonchev–Trinajstić information content (AvgIpc) is 3.18. The van der Waals surface area contributed by atoms with E-state index in [9.17, 15) is 13.6 Å². The molecular formula is C22H18F2N2O2S. The van der Waals surface area contributed by atoms with Crippen LogP contribution in [0.4, 0.5) is 13.9 Å². The smallest absolute Gasteiger partial charge is 0.188 e. The predicted molar refractivity (Wildman–Crippen MR) is 110 cm³/mol. The van der Waals surface area contributed by atoms with E-state index in [1.807, 2.05) is 30.3 Å². The van der Waals surface area contributed by atoms with Crippen LogP contribution in [0.25, 0.3) is 17.3 Å². The number of aromatic nitrogens is 1. The van der Waals surface area contributed by atoms with Gasteiger partial charge in [-0.05, 0) is 24.3 Å². The van der Waals surface area contributed by atoms with Crippen molar-refractivity contribution in [1.29, 1.82) is 0 Å². The zero-order valence-electron chi connectivity index (χ0n) is 15.5. The van der Waals surface area contributed by atoms with E-state index in [1.54, 1.807) is 6.08 Å². The predicted octanol–water partition coefficient (Wildman–Crippen LogP) is 4.82. The maximum atomic E-state index is 13.9. The van der Waals surface area contributed by atoms with E-state index in [-0.39, 0.29) is 5.56 Å². The van der Waals surface area contributed by atoms with Crippen LogP contribution in [-0.4, -0.2) is 37.1 Å². The highest BCUT2D eigenvalue weighted by Crippen LogP contribution is 2.34. The fourth-order valence-corrected chi connectivity index (χ4v) is 4.10. The summed E-state index contributed by atoms with van der Waals surface area (Å²) in [5.74, 6) is -2.11. The van der Waals surface area contributed by atoms with E-state index < -0.39 is 17.4 Å². The van der Waals surface area contributed by atoms with Crippen molar-refractivity contribution in [3.8, 4) is 11.3 Å². The summed E-state index contributed by atoms with van der Waals surface area (Å²) in [6.45, 7) is 2.80. The molecule has 1 aliphatic heterocycles. The Morgan fingerprint density at radius 1 is 1.10 bits per heavy atom. The van der Waals surface area contributed by atoms with Gasteiger partial charge in [0, 0.05) is 24.7 Å².